The molecule has 23 heavy (non-hydrogen) atoms. The maximum absolute atomic E-state index is 13.7. The molecule has 0 radical (unpaired) electrons. The minimum Gasteiger partial charge on any atom is -0.374 e. The fourth-order valence-electron chi connectivity index (χ4n) is 2.56. The summed E-state index contributed by atoms with van der Waals surface area (Å²) >= 11 is 0. The Hall–Kier alpha value is -1.66. The number of likely N-dealkylation sites (N-methyl/N-ethyl adjacent to an activating group) is 1. The highest BCUT2D eigenvalue weighted by atomic mass is 19.1. The van der Waals surface area contributed by atoms with Gasteiger partial charge in [0, 0.05) is 26.7 Å². The average molecular weight is 322 g/mol. The molecule has 1 saturated heterocycles. The normalized spacial score (nSPS) is 21.1. The standard InChI is InChI=1S/C17H27FN4O/c1-12-5-6-14(9-16(12)18)13(2)21-17(19-3)20-10-15-11-22(4)7-8-23-15/h5-6,9,13,15H,7-8,10-11H2,1-4H3,(H2,19,20,21). The Balaban J connectivity index is 1.87. The lowest BCUT2D eigenvalue weighted by Crippen LogP contribution is -2.48. The van der Waals surface area contributed by atoms with Gasteiger partial charge >= 0.3 is 0 Å². The molecule has 128 valence electrons. The van der Waals surface area contributed by atoms with E-state index in [1.54, 1.807) is 26.1 Å². The molecular weight excluding hydrogens is 295 g/mol. The van der Waals surface area contributed by atoms with Gasteiger partial charge in [-0.3, -0.25) is 4.99 Å². The second-order valence-electron chi connectivity index (χ2n) is 6.08. The minimum absolute atomic E-state index is 0.0359. The summed E-state index contributed by atoms with van der Waals surface area (Å²) < 4.78 is 19.4. The lowest BCUT2D eigenvalue weighted by Gasteiger charge is -2.30. The summed E-state index contributed by atoms with van der Waals surface area (Å²) in [5.74, 6) is 0.507. The molecule has 0 aliphatic carbocycles. The maximum atomic E-state index is 13.7. The summed E-state index contributed by atoms with van der Waals surface area (Å²) in [6.07, 6.45) is 0.152. The van der Waals surface area contributed by atoms with Crippen molar-refractivity contribution in [3.63, 3.8) is 0 Å². The largest absolute Gasteiger partial charge is 0.374 e. The summed E-state index contributed by atoms with van der Waals surface area (Å²) in [6, 6.07) is 5.26. The van der Waals surface area contributed by atoms with E-state index in [0.29, 0.717) is 18.1 Å². The Morgan fingerprint density at radius 3 is 2.96 bits per heavy atom. The second kappa shape index (κ2) is 8.26. The van der Waals surface area contributed by atoms with E-state index in [4.69, 9.17) is 4.74 Å². The number of aliphatic imine (C=N–C) groups is 1. The van der Waals surface area contributed by atoms with E-state index in [1.165, 1.54) is 0 Å². The zero-order valence-corrected chi connectivity index (χ0v) is 14.4. The van der Waals surface area contributed by atoms with Crippen LogP contribution in [0.3, 0.4) is 0 Å². The molecule has 0 saturated carbocycles. The Labute approximate surface area is 137 Å². The number of halogens is 1. The van der Waals surface area contributed by atoms with Gasteiger partial charge in [-0.2, -0.15) is 0 Å². The molecule has 0 aromatic heterocycles. The lowest BCUT2D eigenvalue weighted by atomic mass is 10.1. The van der Waals surface area contributed by atoms with Gasteiger partial charge in [-0.1, -0.05) is 12.1 Å². The Morgan fingerprint density at radius 1 is 1.52 bits per heavy atom. The van der Waals surface area contributed by atoms with Crippen molar-refractivity contribution in [1.29, 1.82) is 0 Å². The molecule has 6 heteroatoms. The number of morpholine rings is 1. The highest BCUT2D eigenvalue weighted by Gasteiger charge is 2.18. The number of benzene rings is 1. The SMILES string of the molecule is CN=C(NCC1CN(C)CCO1)NC(C)c1ccc(C)c(F)c1. The number of rotatable bonds is 4. The van der Waals surface area contributed by atoms with E-state index in [-0.39, 0.29) is 18.0 Å². The summed E-state index contributed by atoms with van der Waals surface area (Å²) in [4.78, 5) is 6.48. The van der Waals surface area contributed by atoms with E-state index < -0.39 is 0 Å². The average Bonchev–Trinajstić information content (AvgIpc) is 2.53. The first-order valence-electron chi connectivity index (χ1n) is 8.03. The van der Waals surface area contributed by atoms with E-state index in [9.17, 15) is 4.39 Å². The quantitative estimate of drug-likeness (QED) is 0.654. The molecule has 1 aliphatic rings. The minimum atomic E-state index is -0.183. The van der Waals surface area contributed by atoms with Gasteiger partial charge in [-0.15, -0.1) is 0 Å². The van der Waals surface area contributed by atoms with Crippen molar-refractivity contribution in [3.8, 4) is 0 Å². The van der Waals surface area contributed by atoms with Crippen LogP contribution in [0, 0.1) is 12.7 Å². The third kappa shape index (κ3) is 5.18. The molecule has 2 unspecified atom stereocenters. The molecule has 1 fully saturated rings. The number of hydrogen-bond donors (Lipinski definition) is 2. The van der Waals surface area contributed by atoms with Gasteiger partial charge < -0.3 is 20.3 Å². The topological polar surface area (TPSA) is 48.9 Å². The van der Waals surface area contributed by atoms with Gasteiger partial charge in [0.25, 0.3) is 0 Å². The van der Waals surface area contributed by atoms with Crippen molar-refractivity contribution in [2.75, 3.05) is 40.3 Å². The number of nitrogens with one attached hydrogen (secondary N) is 2. The molecule has 1 aromatic rings. The molecule has 5 nitrogen and oxygen atoms in total. The van der Waals surface area contributed by atoms with Crippen LogP contribution >= 0.6 is 0 Å². The Bertz CT molecular complexity index is 549. The zero-order valence-electron chi connectivity index (χ0n) is 14.4. The van der Waals surface area contributed by atoms with Crippen molar-refractivity contribution in [2.45, 2.75) is 26.0 Å². The van der Waals surface area contributed by atoms with Crippen LogP contribution in [-0.2, 0) is 4.74 Å². The molecule has 2 atom stereocenters. The molecule has 0 bridgehead atoms. The molecule has 1 aromatic carbocycles. The molecule has 1 aliphatic heterocycles. The fourth-order valence-corrected chi connectivity index (χ4v) is 2.56. The van der Waals surface area contributed by atoms with Gasteiger partial charge in [0.2, 0.25) is 0 Å². The maximum Gasteiger partial charge on any atom is 0.191 e. The lowest BCUT2D eigenvalue weighted by molar-refractivity contribution is -0.0161. The number of aryl methyl sites for hydroxylation is 1. The van der Waals surface area contributed by atoms with Gasteiger partial charge in [0.15, 0.2) is 5.96 Å². The predicted molar refractivity (Wildman–Crippen MR) is 91.3 cm³/mol. The van der Waals surface area contributed by atoms with Gasteiger partial charge in [-0.05, 0) is 38.1 Å². The van der Waals surface area contributed by atoms with Crippen LogP contribution < -0.4 is 10.6 Å². The predicted octanol–water partition coefficient (Wildman–Crippen LogP) is 1.69. The number of ether oxygens (including phenoxy) is 1. The van der Waals surface area contributed by atoms with Gasteiger partial charge in [0.05, 0.1) is 18.8 Å². The molecule has 2 rings (SSSR count). The third-order valence-corrected chi connectivity index (χ3v) is 4.11. The first-order valence-corrected chi connectivity index (χ1v) is 8.03. The smallest absolute Gasteiger partial charge is 0.191 e. The van der Waals surface area contributed by atoms with Crippen molar-refractivity contribution in [1.82, 2.24) is 15.5 Å². The molecular formula is C17H27FN4O. The summed E-state index contributed by atoms with van der Waals surface area (Å²) in [6.45, 7) is 7.08. The van der Waals surface area contributed by atoms with Crippen LogP contribution in [0.1, 0.15) is 24.1 Å². The Kier molecular flexibility index (Phi) is 6.36. The van der Waals surface area contributed by atoms with Crippen molar-refractivity contribution in [2.24, 2.45) is 4.99 Å². The van der Waals surface area contributed by atoms with Crippen molar-refractivity contribution >= 4 is 5.96 Å². The van der Waals surface area contributed by atoms with E-state index in [1.807, 2.05) is 13.0 Å². The van der Waals surface area contributed by atoms with Gasteiger partial charge in [0.1, 0.15) is 5.82 Å². The molecule has 0 amide bonds. The second-order valence-corrected chi connectivity index (χ2v) is 6.08. The van der Waals surface area contributed by atoms with Crippen LogP contribution in [0.2, 0.25) is 0 Å². The highest BCUT2D eigenvalue weighted by Crippen LogP contribution is 2.16. The van der Waals surface area contributed by atoms with Crippen LogP contribution in [-0.4, -0.2) is 57.3 Å². The first-order chi connectivity index (χ1) is 11.0. The molecule has 1 heterocycles. The summed E-state index contributed by atoms with van der Waals surface area (Å²) in [5, 5.41) is 6.56. The third-order valence-electron chi connectivity index (χ3n) is 4.11. The van der Waals surface area contributed by atoms with E-state index in [2.05, 4.69) is 27.6 Å². The van der Waals surface area contributed by atoms with Crippen LogP contribution in [0.5, 0.6) is 0 Å². The summed E-state index contributed by atoms with van der Waals surface area (Å²) in [7, 11) is 3.82. The van der Waals surface area contributed by atoms with E-state index >= 15 is 0 Å². The molecule has 2 N–H and O–H groups in total. The fraction of sp³-hybridized carbons (Fsp3) is 0.588. The first kappa shape index (κ1) is 17.7. The van der Waals surface area contributed by atoms with Crippen molar-refractivity contribution < 1.29 is 9.13 Å². The van der Waals surface area contributed by atoms with Crippen molar-refractivity contribution in [3.05, 3.63) is 35.1 Å². The highest BCUT2D eigenvalue weighted by molar-refractivity contribution is 5.80. The number of hydrogen-bond acceptors (Lipinski definition) is 3. The summed E-state index contributed by atoms with van der Waals surface area (Å²) in [5.41, 5.74) is 1.55. The van der Waals surface area contributed by atoms with Crippen LogP contribution in [0.25, 0.3) is 0 Å². The number of nitrogens with zero attached hydrogens (tertiary/aromatic N) is 2. The molecule has 0 spiro atoms. The van der Waals surface area contributed by atoms with Gasteiger partial charge in [-0.25, -0.2) is 4.39 Å². The van der Waals surface area contributed by atoms with E-state index in [0.717, 1.165) is 25.3 Å². The monoisotopic (exact) mass is 322 g/mol. The van der Waals surface area contributed by atoms with Crippen LogP contribution in [0.15, 0.2) is 23.2 Å². The zero-order chi connectivity index (χ0) is 16.8. The number of guanidine groups is 1. The Morgan fingerprint density at radius 2 is 2.30 bits per heavy atom. The van der Waals surface area contributed by atoms with Crippen LogP contribution in [0.4, 0.5) is 4.39 Å².